The van der Waals surface area contributed by atoms with Gasteiger partial charge in [-0.1, -0.05) is 92.7 Å². The molecule has 1 saturated heterocycles. The minimum absolute atomic E-state index is 0.0149. The molecule has 0 unspecified atom stereocenters. The number of nitrogens with zero attached hydrogens (tertiary/aromatic N) is 1. The fourth-order valence-corrected chi connectivity index (χ4v) is 6.69. The molecule has 0 saturated carbocycles. The molecule has 0 bridgehead atoms. The minimum Gasteiger partial charge on any atom is -0.483 e. The molecule has 0 aromatic heterocycles. The highest BCUT2D eigenvalue weighted by Gasteiger charge is 2.35. The van der Waals surface area contributed by atoms with Crippen molar-refractivity contribution in [3.05, 3.63) is 101 Å². The minimum atomic E-state index is -0.917. The summed E-state index contributed by atoms with van der Waals surface area (Å²) in [6, 6.07) is 24.5. The van der Waals surface area contributed by atoms with Crippen LogP contribution in [0.3, 0.4) is 0 Å². The second-order valence-electron chi connectivity index (χ2n) is 13.1. The van der Waals surface area contributed by atoms with Crippen LogP contribution >= 0.6 is 0 Å². The Kier molecular flexibility index (Phi) is 13.0. The number of aliphatic hydroxyl groups excluding tert-OH is 1. The zero-order valence-corrected chi connectivity index (χ0v) is 27.8. The number of carbonyl (C=O) groups excluding carboxylic acids is 3. The quantitative estimate of drug-likeness (QED) is 0.203. The molecule has 7 heteroatoms. The molecule has 1 fully saturated rings. The van der Waals surface area contributed by atoms with Gasteiger partial charge in [0.15, 0.2) is 12.4 Å². The summed E-state index contributed by atoms with van der Waals surface area (Å²) in [6.07, 6.45) is 2.92. The average molecular weight is 627 g/mol. The number of ether oxygens (including phenoxy) is 1. The number of aliphatic hydroxyl groups is 1. The van der Waals surface area contributed by atoms with Gasteiger partial charge in [0, 0.05) is 19.4 Å². The number of nitrogens with one attached hydrogen (secondary N) is 1. The van der Waals surface area contributed by atoms with Crippen LogP contribution in [0.2, 0.25) is 0 Å². The van der Waals surface area contributed by atoms with Crippen LogP contribution in [0, 0.1) is 25.7 Å². The first-order valence-corrected chi connectivity index (χ1v) is 16.7. The van der Waals surface area contributed by atoms with Crippen molar-refractivity contribution < 1.29 is 24.2 Å². The number of ketones is 1. The zero-order chi connectivity index (χ0) is 33.1. The number of amides is 2. The van der Waals surface area contributed by atoms with E-state index in [-0.39, 0.29) is 42.5 Å². The monoisotopic (exact) mass is 626 g/mol. The summed E-state index contributed by atoms with van der Waals surface area (Å²) in [5, 5.41) is 14.8. The van der Waals surface area contributed by atoms with Crippen molar-refractivity contribution >= 4 is 17.6 Å². The van der Waals surface area contributed by atoms with Crippen molar-refractivity contribution in [3.63, 3.8) is 0 Å². The summed E-state index contributed by atoms with van der Waals surface area (Å²) >= 11 is 0. The first-order valence-electron chi connectivity index (χ1n) is 16.7. The van der Waals surface area contributed by atoms with E-state index in [0.717, 1.165) is 35.1 Å². The van der Waals surface area contributed by atoms with Crippen LogP contribution in [0.5, 0.6) is 5.75 Å². The molecule has 3 aromatic rings. The standard InChI is InChI=1S/C39H50N2O5/c1-27(2)38(41-21-12-11-20-37(41)45)35(43)25-32(22-30-16-7-5-8-17-30)24-34(42)33(23-31-18-9-6-10-19-31)40-36(44)26-46-39-28(3)14-13-15-29(39)4/h5-10,13-19,27,32-34,38,42H,11-12,20-26H2,1-4H3,(H,40,44)/t32-,33-,34-,38-/m0/s1. The van der Waals surface area contributed by atoms with E-state index in [1.165, 1.54) is 0 Å². The number of aryl methyl sites for hydroxylation is 2. The average Bonchev–Trinajstić information content (AvgIpc) is 3.02. The zero-order valence-electron chi connectivity index (χ0n) is 27.8. The Morgan fingerprint density at radius 1 is 0.870 bits per heavy atom. The highest BCUT2D eigenvalue weighted by Crippen LogP contribution is 2.27. The summed E-state index contributed by atoms with van der Waals surface area (Å²) < 4.78 is 5.92. The number of likely N-dealkylation sites (tertiary alicyclic amines) is 1. The molecule has 0 radical (unpaired) electrons. The van der Waals surface area contributed by atoms with Crippen LogP contribution in [0.25, 0.3) is 0 Å². The van der Waals surface area contributed by atoms with E-state index in [4.69, 9.17) is 4.74 Å². The number of hydrogen-bond acceptors (Lipinski definition) is 5. The molecule has 0 spiro atoms. The third-order valence-electron chi connectivity index (χ3n) is 8.95. The molecular formula is C39H50N2O5. The van der Waals surface area contributed by atoms with Gasteiger partial charge in [0.1, 0.15) is 5.75 Å². The summed E-state index contributed by atoms with van der Waals surface area (Å²) in [4.78, 5) is 41.8. The van der Waals surface area contributed by atoms with E-state index < -0.39 is 18.2 Å². The molecular weight excluding hydrogens is 576 g/mol. The van der Waals surface area contributed by atoms with Crippen LogP contribution in [-0.2, 0) is 27.2 Å². The van der Waals surface area contributed by atoms with Gasteiger partial charge in [-0.15, -0.1) is 0 Å². The number of rotatable bonds is 16. The Bertz CT molecular complexity index is 1400. The molecule has 1 heterocycles. The molecule has 1 aliphatic heterocycles. The number of benzene rings is 3. The maximum absolute atomic E-state index is 14.0. The van der Waals surface area contributed by atoms with Crippen LogP contribution in [-0.4, -0.2) is 58.9 Å². The first kappa shape index (κ1) is 34.9. The molecule has 7 nitrogen and oxygen atoms in total. The lowest BCUT2D eigenvalue weighted by Crippen LogP contribution is -2.51. The third-order valence-corrected chi connectivity index (χ3v) is 8.95. The van der Waals surface area contributed by atoms with Gasteiger partial charge in [-0.2, -0.15) is 0 Å². The fourth-order valence-electron chi connectivity index (χ4n) is 6.69. The van der Waals surface area contributed by atoms with E-state index in [1.807, 2.05) is 107 Å². The number of hydrogen-bond donors (Lipinski definition) is 2. The predicted molar refractivity (Wildman–Crippen MR) is 182 cm³/mol. The number of carbonyl (C=O) groups is 3. The van der Waals surface area contributed by atoms with Crippen molar-refractivity contribution in [2.45, 2.75) is 90.8 Å². The summed E-state index contributed by atoms with van der Waals surface area (Å²) in [5.41, 5.74) is 3.97. The van der Waals surface area contributed by atoms with Gasteiger partial charge in [0.05, 0.1) is 18.2 Å². The van der Waals surface area contributed by atoms with Crippen molar-refractivity contribution in [3.8, 4) is 5.75 Å². The maximum Gasteiger partial charge on any atom is 0.258 e. The second-order valence-corrected chi connectivity index (χ2v) is 13.1. The first-order chi connectivity index (χ1) is 22.1. The van der Waals surface area contributed by atoms with Gasteiger partial charge in [-0.25, -0.2) is 0 Å². The summed E-state index contributed by atoms with van der Waals surface area (Å²) in [6.45, 7) is 8.32. The van der Waals surface area contributed by atoms with Gasteiger partial charge in [-0.3, -0.25) is 14.4 Å². The molecule has 4 atom stereocenters. The van der Waals surface area contributed by atoms with Crippen molar-refractivity contribution in [1.82, 2.24) is 10.2 Å². The largest absolute Gasteiger partial charge is 0.483 e. The Morgan fingerprint density at radius 3 is 2.07 bits per heavy atom. The topological polar surface area (TPSA) is 95.9 Å². The molecule has 1 aliphatic rings. The summed E-state index contributed by atoms with van der Waals surface area (Å²) in [7, 11) is 0. The normalized spacial score (nSPS) is 16.0. The Balaban J connectivity index is 1.52. The van der Waals surface area contributed by atoms with Crippen molar-refractivity contribution in [1.29, 1.82) is 0 Å². The van der Waals surface area contributed by atoms with Gasteiger partial charge in [0.25, 0.3) is 5.91 Å². The second kappa shape index (κ2) is 17.1. The predicted octanol–water partition coefficient (Wildman–Crippen LogP) is 6.02. The Morgan fingerprint density at radius 2 is 1.48 bits per heavy atom. The SMILES string of the molecule is Cc1cccc(C)c1OCC(=O)N[C@@H](Cc1ccccc1)[C@@H](O)C[C@@H](CC(=O)[C@H](C(C)C)N1CCCCC1=O)Cc1ccccc1. The highest BCUT2D eigenvalue weighted by atomic mass is 16.5. The lowest BCUT2D eigenvalue weighted by molar-refractivity contribution is -0.143. The van der Waals surface area contributed by atoms with Gasteiger partial charge in [0.2, 0.25) is 5.91 Å². The Labute approximate surface area is 274 Å². The van der Waals surface area contributed by atoms with Crippen LogP contribution in [0.1, 0.15) is 68.2 Å². The molecule has 246 valence electrons. The van der Waals surface area contributed by atoms with Crippen molar-refractivity contribution in [2.24, 2.45) is 11.8 Å². The smallest absolute Gasteiger partial charge is 0.258 e. The maximum atomic E-state index is 14.0. The van der Waals surface area contributed by atoms with Crippen LogP contribution in [0.15, 0.2) is 78.9 Å². The molecule has 3 aromatic carbocycles. The van der Waals surface area contributed by atoms with Gasteiger partial charge < -0.3 is 20.1 Å². The molecule has 4 rings (SSSR count). The van der Waals surface area contributed by atoms with E-state index >= 15 is 0 Å². The van der Waals surface area contributed by atoms with E-state index in [9.17, 15) is 19.5 Å². The van der Waals surface area contributed by atoms with Gasteiger partial charge in [-0.05, 0) is 80.0 Å². The van der Waals surface area contributed by atoms with Crippen LogP contribution in [0.4, 0.5) is 0 Å². The lowest BCUT2D eigenvalue weighted by atomic mass is 9.83. The number of Topliss-reactive ketones (excluding diaryl/α,β-unsaturated/α-hetero) is 1. The van der Waals surface area contributed by atoms with E-state index in [0.29, 0.717) is 38.0 Å². The van der Waals surface area contributed by atoms with Crippen LogP contribution < -0.4 is 10.1 Å². The van der Waals surface area contributed by atoms with Crippen molar-refractivity contribution in [2.75, 3.05) is 13.2 Å². The Hall–Kier alpha value is -3.97. The fraction of sp³-hybridized carbons (Fsp3) is 0.462. The highest BCUT2D eigenvalue weighted by molar-refractivity contribution is 5.89. The lowest BCUT2D eigenvalue weighted by Gasteiger charge is -2.37. The summed E-state index contributed by atoms with van der Waals surface area (Å²) in [5.74, 6) is 0.245. The third kappa shape index (κ3) is 10.0. The number of para-hydroxylation sites is 1. The molecule has 2 amide bonds. The van der Waals surface area contributed by atoms with E-state index in [1.54, 1.807) is 4.90 Å². The molecule has 2 N–H and O–H groups in total. The molecule has 46 heavy (non-hydrogen) atoms. The van der Waals surface area contributed by atoms with E-state index in [2.05, 4.69) is 5.32 Å². The number of piperidine rings is 1. The van der Waals surface area contributed by atoms with Gasteiger partial charge >= 0.3 is 0 Å². The molecule has 0 aliphatic carbocycles.